The Morgan fingerprint density at radius 3 is 2.41 bits per heavy atom. The first-order chi connectivity index (χ1) is 18.0. The normalized spacial score (nSPS) is 15.0. The Balaban J connectivity index is 1.51. The van der Waals surface area contributed by atoms with E-state index < -0.39 is 11.9 Å². The van der Waals surface area contributed by atoms with Gasteiger partial charge in [-0.1, -0.05) is 56.3 Å². The first kappa shape index (κ1) is 24.7. The van der Waals surface area contributed by atoms with Crippen molar-refractivity contribution in [1.29, 1.82) is 0 Å². The fourth-order valence-corrected chi connectivity index (χ4v) is 4.85. The second-order valence-corrected chi connectivity index (χ2v) is 9.09. The molecule has 0 saturated carbocycles. The molecule has 5 rings (SSSR count). The van der Waals surface area contributed by atoms with Crippen molar-refractivity contribution in [3.05, 3.63) is 111 Å². The quantitative estimate of drug-likeness (QED) is 0.308. The minimum Gasteiger partial charge on any atom is -0.489 e. The highest BCUT2D eigenvalue weighted by Crippen LogP contribution is 2.38. The van der Waals surface area contributed by atoms with Gasteiger partial charge in [0.2, 0.25) is 5.76 Å². The average molecular weight is 501 g/mol. The van der Waals surface area contributed by atoms with Gasteiger partial charge in [0.15, 0.2) is 5.43 Å². The largest absolute Gasteiger partial charge is 0.489 e. The van der Waals surface area contributed by atoms with Crippen LogP contribution >= 0.6 is 0 Å². The van der Waals surface area contributed by atoms with Gasteiger partial charge >= 0.3 is 0 Å². The molecule has 0 spiro atoms. The average Bonchev–Trinajstić information content (AvgIpc) is 3.21. The van der Waals surface area contributed by atoms with Crippen LogP contribution < -0.4 is 10.2 Å². The maximum absolute atomic E-state index is 14.0. The first-order valence-corrected chi connectivity index (χ1v) is 12.6. The number of benzene rings is 3. The number of amides is 1. The fourth-order valence-electron chi connectivity index (χ4n) is 4.85. The molecule has 0 N–H and O–H groups in total. The van der Waals surface area contributed by atoms with Crippen molar-refractivity contribution in [1.82, 2.24) is 9.80 Å². The van der Waals surface area contributed by atoms with Crippen molar-refractivity contribution < 1.29 is 18.3 Å². The topological polar surface area (TPSA) is 63.0 Å². The molecule has 1 aromatic heterocycles. The Bertz CT molecular complexity index is 1460. The van der Waals surface area contributed by atoms with Gasteiger partial charge in [-0.25, -0.2) is 4.39 Å². The lowest BCUT2D eigenvalue weighted by Gasteiger charge is -2.28. The van der Waals surface area contributed by atoms with Gasteiger partial charge in [-0.05, 0) is 54.5 Å². The highest BCUT2D eigenvalue weighted by molar-refractivity contribution is 5.99. The maximum Gasteiger partial charge on any atom is 0.290 e. The zero-order valence-electron chi connectivity index (χ0n) is 20.9. The van der Waals surface area contributed by atoms with Crippen LogP contribution in [0.25, 0.3) is 11.0 Å². The van der Waals surface area contributed by atoms with Crippen LogP contribution in [0, 0.1) is 5.82 Å². The van der Waals surface area contributed by atoms with E-state index in [1.165, 1.54) is 18.2 Å². The summed E-state index contributed by atoms with van der Waals surface area (Å²) < 4.78 is 25.8. The number of halogens is 1. The van der Waals surface area contributed by atoms with Crippen LogP contribution in [-0.2, 0) is 6.61 Å². The van der Waals surface area contributed by atoms with E-state index in [0.29, 0.717) is 25.4 Å². The summed E-state index contributed by atoms with van der Waals surface area (Å²) >= 11 is 0. The number of carbonyl (C=O) groups is 1. The van der Waals surface area contributed by atoms with E-state index in [0.717, 1.165) is 24.2 Å². The van der Waals surface area contributed by atoms with Crippen molar-refractivity contribution in [2.75, 3.05) is 26.2 Å². The van der Waals surface area contributed by atoms with Gasteiger partial charge in [0.05, 0.1) is 17.0 Å². The molecule has 7 heteroatoms. The molecule has 6 nitrogen and oxygen atoms in total. The van der Waals surface area contributed by atoms with Gasteiger partial charge < -0.3 is 19.0 Å². The number of ether oxygens (including phenoxy) is 1. The zero-order valence-corrected chi connectivity index (χ0v) is 20.9. The summed E-state index contributed by atoms with van der Waals surface area (Å²) in [5.41, 5.74) is 1.89. The van der Waals surface area contributed by atoms with Crippen LogP contribution in [0.2, 0.25) is 0 Å². The molecule has 37 heavy (non-hydrogen) atoms. The second-order valence-electron chi connectivity index (χ2n) is 9.09. The lowest BCUT2D eigenvalue weighted by Crippen LogP contribution is -2.37. The molecule has 0 fully saturated rings. The van der Waals surface area contributed by atoms with E-state index in [1.54, 1.807) is 4.90 Å². The Labute approximate surface area is 214 Å². The molecule has 0 radical (unpaired) electrons. The predicted octanol–water partition coefficient (Wildman–Crippen LogP) is 5.40. The molecule has 190 valence electrons. The molecule has 2 heterocycles. The molecule has 1 amide bonds. The van der Waals surface area contributed by atoms with Crippen LogP contribution in [0.4, 0.5) is 4.39 Å². The standard InChI is InChI=1S/C30H29FN2O4/c1-3-32(4-2)16-17-33-27(21-10-13-23(14-11-21)36-19-20-8-6-5-7-9-20)26-28(34)24-18-22(31)12-15-25(24)37-29(26)30(33)35/h5-15,18,27H,3-4,16-17,19H2,1-2H3. The lowest BCUT2D eigenvalue weighted by atomic mass is 9.98. The molecule has 0 saturated heterocycles. The molecule has 0 aliphatic carbocycles. The number of rotatable bonds is 9. The van der Waals surface area contributed by atoms with Crippen LogP contribution in [0.3, 0.4) is 0 Å². The summed E-state index contributed by atoms with van der Waals surface area (Å²) in [4.78, 5) is 31.0. The molecule has 3 aromatic carbocycles. The van der Waals surface area contributed by atoms with Crippen LogP contribution in [0.5, 0.6) is 5.75 Å². The highest BCUT2D eigenvalue weighted by atomic mass is 19.1. The van der Waals surface area contributed by atoms with E-state index in [1.807, 2.05) is 54.6 Å². The molecule has 4 aromatic rings. The molecule has 1 atom stereocenters. The summed E-state index contributed by atoms with van der Waals surface area (Å²) in [5.74, 6) is -0.156. The van der Waals surface area contributed by atoms with Crippen molar-refractivity contribution in [2.24, 2.45) is 0 Å². The lowest BCUT2D eigenvalue weighted by molar-refractivity contribution is 0.0708. The van der Waals surface area contributed by atoms with Gasteiger partial charge in [0.25, 0.3) is 5.91 Å². The van der Waals surface area contributed by atoms with Crippen LogP contribution in [0.1, 0.15) is 47.1 Å². The molecule has 0 bridgehead atoms. The number of nitrogens with zero attached hydrogens (tertiary/aromatic N) is 2. The first-order valence-electron chi connectivity index (χ1n) is 12.6. The predicted molar refractivity (Wildman–Crippen MR) is 140 cm³/mol. The third-order valence-corrected chi connectivity index (χ3v) is 6.92. The van der Waals surface area contributed by atoms with E-state index in [4.69, 9.17) is 9.15 Å². The highest BCUT2D eigenvalue weighted by Gasteiger charge is 2.42. The summed E-state index contributed by atoms with van der Waals surface area (Å²) in [6.07, 6.45) is 0. The van der Waals surface area contributed by atoms with E-state index in [2.05, 4.69) is 18.7 Å². The minimum atomic E-state index is -0.634. The van der Waals surface area contributed by atoms with Crippen molar-refractivity contribution >= 4 is 16.9 Å². The van der Waals surface area contributed by atoms with Gasteiger partial charge in [-0.2, -0.15) is 0 Å². The second kappa shape index (κ2) is 10.6. The van der Waals surface area contributed by atoms with E-state index in [-0.39, 0.29) is 33.6 Å². The van der Waals surface area contributed by atoms with Gasteiger partial charge in [0, 0.05) is 13.1 Å². The number of fused-ring (bicyclic) bond motifs is 2. The molecular formula is C30H29FN2O4. The van der Waals surface area contributed by atoms with Crippen molar-refractivity contribution in [2.45, 2.75) is 26.5 Å². The Morgan fingerprint density at radius 2 is 1.70 bits per heavy atom. The third-order valence-electron chi connectivity index (χ3n) is 6.92. The number of hydrogen-bond donors (Lipinski definition) is 0. The Kier molecular flexibility index (Phi) is 7.06. The summed E-state index contributed by atoms with van der Waals surface area (Å²) in [7, 11) is 0. The zero-order chi connectivity index (χ0) is 25.9. The summed E-state index contributed by atoms with van der Waals surface area (Å²) in [6.45, 7) is 7.36. The Hall–Kier alpha value is -3.97. The number of carbonyl (C=O) groups excluding carboxylic acids is 1. The summed E-state index contributed by atoms with van der Waals surface area (Å²) in [6, 6.07) is 20.4. The summed E-state index contributed by atoms with van der Waals surface area (Å²) in [5, 5.41) is 0.130. The van der Waals surface area contributed by atoms with E-state index in [9.17, 15) is 14.0 Å². The van der Waals surface area contributed by atoms with Crippen molar-refractivity contribution in [3.63, 3.8) is 0 Å². The smallest absolute Gasteiger partial charge is 0.290 e. The van der Waals surface area contributed by atoms with Crippen molar-refractivity contribution in [3.8, 4) is 5.75 Å². The van der Waals surface area contributed by atoms with Crippen LogP contribution in [0.15, 0.2) is 82.0 Å². The monoisotopic (exact) mass is 500 g/mol. The Morgan fingerprint density at radius 1 is 0.973 bits per heavy atom. The minimum absolute atomic E-state index is 0.0260. The van der Waals surface area contributed by atoms with Gasteiger partial charge in [-0.3, -0.25) is 9.59 Å². The SMILES string of the molecule is CCN(CC)CCN1C(=O)c2oc3ccc(F)cc3c(=O)c2C1c1ccc(OCc2ccccc2)cc1. The maximum atomic E-state index is 14.0. The molecule has 1 aliphatic rings. The van der Waals surface area contributed by atoms with Crippen LogP contribution in [-0.4, -0.2) is 41.9 Å². The van der Waals surface area contributed by atoms with Gasteiger partial charge in [0.1, 0.15) is 23.8 Å². The molecular weight excluding hydrogens is 471 g/mol. The van der Waals surface area contributed by atoms with E-state index >= 15 is 0 Å². The third kappa shape index (κ3) is 4.87. The fraction of sp³-hybridized carbons (Fsp3) is 0.267. The number of hydrogen-bond acceptors (Lipinski definition) is 5. The molecule has 1 aliphatic heterocycles. The number of likely N-dealkylation sites (N-methyl/N-ethyl adjacent to an activating group) is 1. The van der Waals surface area contributed by atoms with Gasteiger partial charge in [-0.15, -0.1) is 0 Å². The molecule has 1 unspecified atom stereocenters.